The van der Waals surface area contributed by atoms with Crippen LogP contribution in [0.25, 0.3) is 0 Å². The molecule has 6 nitrogen and oxygen atoms in total. The van der Waals surface area contributed by atoms with Crippen LogP contribution in [-0.2, 0) is 10.0 Å². The number of hydrogen-bond acceptors (Lipinski definition) is 5. The highest BCUT2D eigenvalue weighted by molar-refractivity contribution is 8.13. The van der Waals surface area contributed by atoms with E-state index in [4.69, 9.17) is 0 Å². The molecule has 2 aromatic rings. The molecule has 2 aromatic carbocycles. The number of aliphatic imine (C=N–C) groups is 1. The van der Waals surface area contributed by atoms with Gasteiger partial charge in [-0.25, -0.2) is 17.7 Å². The molecule has 0 unspecified atom stereocenters. The fourth-order valence-corrected chi connectivity index (χ4v) is 4.51. The van der Waals surface area contributed by atoms with E-state index in [1.807, 2.05) is 30.3 Å². The molecule has 8 heteroatoms. The van der Waals surface area contributed by atoms with Crippen LogP contribution < -0.4 is 0 Å². The standard InChI is InChI=1S/C19H21N3O3S2/c1-21(2)27(24,25)17-11-6-8-15(14-17)18(23)22-12-7-13-26-19(22)20-16-9-4-3-5-10-16/h3-6,8-11,14H,7,12-13H2,1-2H3. The first-order valence-electron chi connectivity index (χ1n) is 8.50. The normalized spacial score (nSPS) is 16.7. The summed E-state index contributed by atoms with van der Waals surface area (Å²) in [7, 11) is -0.663. The van der Waals surface area contributed by atoms with E-state index in [1.54, 1.807) is 17.0 Å². The van der Waals surface area contributed by atoms with Crippen LogP contribution in [0.15, 0.2) is 64.5 Å². The topological polar surface area (TPSA) is 70.1 Å². The van der Waals surface area contributed by atoms with Crippen LogP contribution in [0.3, 0.4) is 0 Å². The van der Waals surface area contributed by atoms with Crippen molar-refractivity contribution in [3.05, 3.63) is 60.2 Å². The van der Waals surface area contributed by atoms with Gasteiger partial charge in [0.2, 0.25) is 10.0 Å². The fourth-order valence-electron chi connectivity index (χ4n) is 2.61. The van der Waals surface area contributed by atoms with Crippen molar-refractivity contribution in [2.45, 2.75) is 11.3 Å². The Morgan fingerprint density at radius 1 is 1.11 bits per heavy atom. The molecule has 27 heavy (non-hydrogen) atoms. The summed E-state index contributed by atoms with van der Waals surface area (Å²) < 4.78 is 25.9. The third kappa shape index (κ3) is 4.40. The first-order chi connectivity index (χ1) is 12.9. The zero-order chi connectivity index (χ0) is 19.4. The Balaban J connectivity index is 1.93. The van der Waals surface area contributed by atoms with Crippen LogP contribution in [0.1, 0.15) is 16.8 Å². The molecule has 0 N–H and O–H groups in total. The summed E-state index contributed by atoms with van der Waals surface area (Å²) in [6.07, 6.45) is 0.861. The second kappa shape index (κ2) is 8.24. The van der Waals surface area contributed by atoms with Gasteiger partial charge in [0.25, 0.3) is 5.91 Å². The van der Waals surface area contributed by atoms with Gasteiger partial charge in [-0.3, -0.25) is 9.69 Å². The van der Waals surface area contributed by atoms with Crippen molar-refractivity contribution in [1.29, 1.82) is 0 Å². The lowest BCUT2D eigenvalue weighted by molar-refractivity contribution is 0.0849. The predicted molar refractivity (Wildman–Crippen MR) is 109 cm³/mol. The third-order valence-corrected chi connectivity index (χ3v) is 6.95. The van der Waals surface area contributed by atoms with Gasteiger partial charge >= 0.3 is 0 Å². The van der Waals surface area contributed by atoms with Crippen LogP contribution in [0.5, 0.6) is 0 Å². The molecular formula is C19H21N3O3S2. The fraction of sp³-hybridized carbons (Fsp3) is 0.263. The first-order valence-corrected chi connectivity index (χ1v) is 10.9. The molecule has 1 aliphatic heterocycles. The quantitative estimate of drug-likeness (QED) is 0.786. The van der Waals surface area contributed by atoms with Gasteiger partial charge in [-0.15, -0.1) is 0 Å². The highest BCUT2D eigenvalue weighted by Gasteiger charge is 2.26. The summed E-state index contributed by atoms with van der Waals surface area (Å²) >= 11 is 1.53. The molecule has 1 heterocycles. The summed E-state index contributed by atoms with van der Waals surface area (Å²) in [5.74, 6) is 0.650. The SMILES string of the molecule is CN(C)S(=O)(=O)c1cccc(C(=O)N2CCCSC2=Nc2ccccc2)c1. The zero-order valence-electron chi connectivity index (χ0n) is 15.2. The molecule has 0 atom stereocenters. The molecule has 0 saturated carbocycles. The van der Waals surface area contributed by atoms with E-state index >= 15 is 0 Å². The highest BCUT2D eigenvalue weighted by Crippen LogP contribution is 2.24. The van der Waals surface area contributed by atoms with Crippen LogP contribution >= 0.6 is 11.8 Å². The van der Waals surface area contributed by atoms with Crippen LogP contribution in [0, 0.1) is 0 Å². The number of sulfonamides is 1. The number of amides is 1. The average molecular weight is 404 g/mol. The van der Waals surface area contributed by atoms with Crippen molar-refractivity contribution in [1.82, 2.24) is 9.21 Å². The first kappa shape index (κ1) is 19.6. The van der Waals surface area contributed by atoms with Crippen molar-refractivity contribution >= 4 is 38.5 Å². The smallest absolute Gasteiger partial charge is 0.259 e. The number of thioether (sulfide) groups is 1. The van der Waals surface area contributed by atoms with Crippen molar-refractivity contribution < 1.29 is 13.2 Å². The molecule has 1 fully saturated rings. The van der Waals surface area contributed by atoms with Crippen molar-refractivity contribution in [2.24, 2.45) is 4.99 Å². The molecule has 0 spiro atoms. The number of rotatable bonds is 4. The second-order valence-corrected chi connectivity index (χ2v) is 9.42. The molecular weight excluding hydrogens is 382 g/mol. The van der Waals surface area contributed by atoms with E-state index in [1.165, 1.54) is 38.0 Å². The van der Waals surface area contributed by atoms with E-state index in [0.717, 1.165) is 22.2 Å². The molecule has 0 aromatic heterocycles. The summed E-state index contributed by atoms with van der Waals surface area (Å²) in [6.45, 7) is 0.558. The Morgan fingerprint density at radius 2 is 1.85 bits per heavy atom. The number of nitrogens with zero attached hydrogens (tertiary/aromatic N) is 3. The van der Waals surface area contributed by atoms with E-state index in [0.29, 0.717) is 17.3 Å². The minimum atomic E-state index is -3.60. The number of amidine groups is 1. The van der Waals surface area contributed by atoms with Crippen molar-refractivity contribution in [3.63, 3.8) is 0 Å². The Labute approximate surface area is 163 Å². The van der Waals surface area contributed by atoms with Crippen LogP contribution in [0.4, 0.5) is 5.69 Å². The lowest BCUT2D eigenvalue weighted by Gasteiger charge is -2.28. The summed E-state index contributed by atoms with van der Waals surface area (Å²) in [5.41, 5.74) is 1.12. The van der Waals surface area contributed by atoms with Gasteiger partial charge in [0, 0.05) is 32.0 Å². The van der Waals surface area contributed by atoms with Gasteiger partial charge < -0.3 is 0 Å². The van der Waals surface area contributed by atoms with Crippen molar-refractivity contribution in [2.75, 3.05) is 26.4 Å². The van der Waals surface area contributed by atoms with Crippen LogP contribution in [-0.4, -0.2) is 55.1 Å². The largest absolute Gasteiger partial charge is 0.287 e. The van der Waals surface area contributed by atoms with E-state index in [9.17, 15) is 13.2 Å². The van der Waals surface area contributed by atoms with Gasteiger partial charge in [-0.05, 0) is 36.8 Å². The number of carbonyl (C=O) groups excluding carboxylic acids is 1. The maximum Gasteiger partial charge on any atom is 0.259 e. The Kier molecular flexibility index (Phi) is 5.98. The lowest BCUT2D eigenvalue weighted by atomic mass is 10.2. The maximum atomic E-state index is 13.1. The van der Waals surface area contributed by atoms with Gasteiger partial charge in [0.05, 0.1) is 10.6 Å². The number of benzene rings is 2. The summed E-state index contributed by atoms with van der Waals surface area (Å²) in [6, 6.07) is 15.6. The number of carbonyl (C=O) groups is 1. The third-order valence-electron chi connectivity index (χ3n) is 4.07. The number of para-hydroxylation sites is 1. The predicted octanol–water partition coefficient (Wildman–Crippen LogP) is 3.20. The molecule has 1 aliphatic rings. The van der Waals surface area contributed by atoms with E-state index in [2.05, 4.69) is 4.99 Å². The molecule has 142 valence electrons. The van der Waals surface area contributed by atoms with E-state index in [-0.39, 0.29) is 10.8 Å². The Bertz CT molecular complexity index is 957. The minimum absolute atomic E-state index is 0.101. The average Bonchev–Trinajstić information content (AvgIpc) is 2.68. The Morgan fingerprint density at radius 3 is 2.56 bits per heavy atom. The van der Waals surface area contributed by atoms with Gasteiger partial charge in [-0.2, -0.15) is 0 Å². The molecule has 0 radical (unpaired) electrons. The van der Waals surface area contributed by atoms with Crippen molar-refractivity contribution in [3.8, 4) is 0 Å². The van der Waals surface area contributed by atoms with Gasteiger partial charge in [0.1, 0.15) is 0 Å². The highest BCUT2D eigenvalue weighted by atomic mass is 32.2. The van der Waals surface area contributed by atoms with Gasteiger partial charge in [0.15, 0.2) is 5.17 Å². The lowest BCUT2D eigenvalue weighted by Crippen LogP contribution is -2.39. The zero-order valence-corrected chi connectivity index (χ0v) is 16.8. The molecule has 1 saturated heterocycles. The maximum absolute atomic E-state index is 13.1. The summed E-state index contributed by atoms with van der Waals surface area (Å²) in [5, 5.41) is 0.637. The monoisotopic (exact) mass is 403 g/mol. The summed E-state index contributed by atoms with van der Waals surface area (Å²) in [4.78, 5) is 19.4. The molecule has 0 aliphatic carbocycles. The molecule has 0 bridgehead atoms. The Hall–Kier alpha value is -2.16. The number of hydrogen-bond donors (Lipinski definition) is 0. The van der Waals surface area contributed by atoms with Gasteiger partial charge in [-0.1, -0.05) is 36.0 Å². The van der Waals surface area contributed by atoms with E-state index < -0.39 is 10.0 Å². The molecule has 3 rings (SSSR count). The van der Waals surface area contributed by atoms with Crippen LogP contribution in [0.2, 0.25) is 0 Å². The second-order valence-electron chi connectivity index (χ2n) is 6.20. The molecule has 1 amide bonds. The minimum Gasteiger partial charge on any atom is -0.287 e.